The van der Waals surface area contributed by atoms with Gasteiger partial charge in [-0.05, 0) is 17.0 Å². The van der Waals surface area contributed by atoms with Gasteiger partial charge < -0.3 is 9.94 Å². The molecule has 0 radical (unpaired) electrons. The molecule has 0 saturated heterocycles. The number of sulfone groups is 1. The molecule has 23 heavy (non-hydrogen) atoms. The Balaban J connectivity index is 2.98. The maximum absolute atomic E-state index is 12.1. The van der Waals surface area contributed by atoms with E-state index in [2.05, 4.69) is 4.84 Å². The van der Waals surface area contributed by atoms with Crippen LogP contribution in [0.1, 0.15) is 0 Å². The van der Waals surface area contributed by atoms with Gasteiger partial charge in [0.15, 0.2) is 9.84 Å². The summed E-state index contributed by atoms with van der Waals surface area (Å²) in [5.41, 5.74) is 0. The van der Waals surface area contributed by atoms with Crippen molar-refractivity contribution in [3.63, 3.8) is 0 Å². The number of nitrogens with one attached hydrogen (secondary N) is 1. The number of amides is 1. The molecule has 10 nitrogen and oxygen atoms in total. The van der Waals surface area contributed by atoms with Crippen LogP contribution in [-0.4, -0.2) is 58.8 Å². The fourth-order valence-electron chi connectivity index (χ4n) is 1.46. The van der Waals surface area contributed by atoms with Crippen LogP contribution in [0, 0.1) is 0 Å². The van der Waals surface area contributed by atoms with Gasteiger partial charge in [0, 0.05) is 13.3 Å². The first-order valence-corrected chi connectivity index (χ1v) is 9.27. The average Bonchev–Trinajstić information content (AvgIpc) is 2.43. The van der Waals surface area contributed by atoms with E-state index in [1.807, 2.05) is 0 Å². The van der Waals surface area contributed by atoms with Gasteiger partial charge in [0.25, 0.3) is 10.0 Å². The molecule has 0 unspecified atom stereocenters. The summed E-state index contributed by atoms with van der Waals surface area (Å²) >= 11 is 0. The fraction of sp³-hybridized carbons (Fsp3) is 0.273. The molecule has 1 rings (SSSR count). The van der Waals surface area contributed by atoms with Gasteiger partial charge in [-0.25, -0.2) is 21.6 Å². The molecule has 2 N–H and O–H groups in total. The molecule has 12 heteroatoms. The number of carbonyl (C=O) groups excluding carboxylic acids is 1. The van der Waals surface area contributed by atoms with Crippen LogP contribution in [0.15, 0.2) is 34.1 Å². The highest BCUT2D eigenvalue weighted by molar-refractivity contribution is 7.93. The molecule has 0 aliphatic heterocycles. The molecule has 1 amide bonds. The molecule has 0 bridgehead atoms. The molecule has 0 heterocycles. The molecular weight excluding hydrogens is 352 g/mol. The Kier molecular flexibility index (Phi) is 5.69. The maximum atomic E-state index is 12.1. The zero-order valence-corrected chi connectivity index (χ0v) is 13.7. The van der Waals surface area contributed by atoms with Gasteiger partial charge in [0.2, 0.25) is 0 Å². The standard InChI is InChI=1S/C11H14N2O8S2/c1-13(7-10(14)15)11(16)21-12-23(19,20)9-6-4-3-5-8(9)22(2,17)18/h3-6,12H,7H2,1-2H3,(H,14,15). The number of benzene rings is 1. The molecule has 0 fully saturated rings. The molecule has 0 spiro atoms. The van der Waals surface area contributed by atoms with Gasteiger partial charge in [-0.1, -0.05) is 12.1 Å². The first-order valence-electron chi connectivity index (χ1n) is 5.90. The van der Waals surface area contributed by atoms with Gasteiger partial charge in [0.1, 0.15) is 11.4 Å². The highest BCUT2D eigenvalue weighted by Crippen LogP contribution is 2.20. The molecular formula is C11H14N2O8S2. The molecule has 0 atom stereocenters. The Morgan fingerprint density at radius 3 is 2.17 bits per heavy atom. The van der Waals surface area contributed by atoms with E-state index in [1.165, 1.54) is 17.0 Å². The summed E-state index contributed by atoms with van der Waals surface area (Å²) in [7, 11) is -7.23. The van der Waals surface area contributed by atoms with E-state index in [0.717, 1.165) is 25.4 Å². The zero-order chi connectivity index (χ0) is 17.8. The van der Waals surface area contributed by atoms with Crippen LogP contribution in [0.5, 0.6) is 0 Å². The van der Waals surface area contributed by atoms with Crippen LogP contribution < -0.4 is 4.89 Å². The number of aliphatic carboxylic acids is 1. The minimum Gasteiger partial charge on any atom is -0.480 e. The summed E-state index contributed by atoms with van der Waals surface area (Å²) in [4.78, 5) is 27.2. The Hall–Kier alpha value is -2.18. The Bertz CT molecular complexity index is 816. The summed E-state index contributed by atoms with van der Waals surface area (Å²) in [6.07, 6.45) is -0.443. The predicted octanol–water partition coefficient (Wildman–Crippen LogP) is -0.564. The first-order chi connectivity index (χ1) is 10.4. The number of carboxylic acid groups (broad SMARTS) is 1. The molecule has 1 aromatic carbocycles. The highest BCUT2D eigenvalue weighted by atomic mass is 32.2. The lowest BCUT2D eigenvalue weighted by Gasteiger charge is -2.15. The van der Waals surface area contributed by atoms with Gasteiger partial charge in [-0.2, -0.15) is 0 Å². The Morgan fingerprint density at radius 1 is 1.17 bits per heavy atom. The number of carboxylic acids is 1. The number of sulfonamides is 1. The number of likely N-dealkylation sites (N-methyl/N-ethyl adjacent to an activating group) is 1. The molecule has 1 aromatic rings. The lowest BCUT2D eigenvalue weighted by molar-refractivity contribution is -0.137. The van der Waals surface area contributed by atoms with Crippen LogP contribution >= 0.6 is 0 Å². The average molecular weight is 366 g/mol. The Labute approximate surface area is 132 Å². The summed E-state index contributed by atoms with van der Waals surface area (Å²) in [6.45, 7) is -0.708. The van der Waals surface area contributed by atoms with E-state index < -0.39 is 48.3 Å². The number of hydrogen-bond acceptors (Lipinski definition) is 7. The van der Waals surface area contributed by atoms with E-state index in [0.29, 0.717) is 4.90 Å². The maximum Gasteiger partial charge on any atom is 0.429 e. The number of carbonyl (C=O) groups is 2. The van der Waals surface area contributed by atoms with E-state index in [-0.39, 0.29) is 0 Å². The third-order valence-electron chi connectivity index (χ3n) is 2.46. The fourth-order valence-corrected chi connectivity index (χ4v) is 3.86. The summed E-state index contributed by atoms with van der Waals surface area (Å²) in [6, 6.07) is 4.74. The van der Waals surface area contributed by atoms with E-state index in [9.17, 15) is 26.4 Å². The first kappa shape index (κ1) is 18.9. The van der Waals surface area contributed by atoms with Crippen molar-refractivity contribution >= 4 is 31.9 Å². The second-order valence-corrected chi connectivity index (χ2v) is 8.02. The van der Waals surface area contributed by atoms with Crippen LogP contribution in [-0.2, 0) is 29.5 Å². The van der Waals surface area contributed by atoms with Crippen molar-refractivity contribution in [2.45, 2.75) is 9.79 Å². The van der Waals surface area contributed by atoms with Crippen molar-refractivity contribution in [1.82, 2.24) is 9.79 Å². The zero-order valence-electron chi connectivity index (χ0n) is 12.1. The van der Waals surface area contributed by atoms with Gasteiger partial charge in [0.05, 0.1) is 4.90 Å². The van der Waals surface area contributed by atoms with Crippen LogP contribution in [0.4, 0.5) is 4.79 Å². The van der Waals surface area contributed by atoms with Crippen LogP contribution in [0.3, 0.4) is 0 Å². The van der Waals surface area contributed by atoms with Crippen molar-refractivity contribution in [3.05, 3.63) is 24.3 Å². The lowest BCUT2D eigenvalue weighted by atomic mass is 10.4. The predicted molar refractivity (Wildman–Crippen MR) is 76.6 cm³/mol. The molecule has 0 aliphatic carbocycles. The Morgan fingerprint density at radius 2 is 1.70 bits per heavy atom. The van der Waals surface area contributed by atoms with Crippen molar-refractivity contribution in [3.8, 4) is 0 Å². The minimum atomic E-state index is -4.48. The van der Waals surface area contributed by atoms with Crippen molar-refractivity contribution in [2.24, 2.45) is 0 Å². The third kappa shape index (κ3) is 5.19. The van der Waals surface area contributed by atoms with Gasteiger partial charge in [-0.3, -0.25) is 9.69 Å². The topological polar surface area (TPSA) is 147 Å². The second kappa shape index (κ2) is 6.93. The number of rotatable bonds is 6. The minimum absolute atomic E-state index is 0.470. The highest BCUT2D eigenvalue weighted by Gasteiger charge is 2.25. The second-order valence-electron chi connectivity index (χ2n) is 4.42. The molecule has 0 saturated carbocycles. The normalized spacial score (nSPS) is 11.7. The number of hydrogen-bond donors (Lipinski definition) is 2. The van der Waals surface area contributed by atoms with Crippen LogP contribution in [0.25, 0.3) is 0 Å². The van der Waals surface area contributed by atoms with Gasteiger partial charge >= 0.3 is 12.1 Å². The molecule has 0 aromatic heterocycles. The summed E-state index contributed by atoms with van der Waals surface area (Å²) in [5, 5.41) is 8.51. The largest absolute Gasteiger partial charge is 0.480 e. The van der Waals surface area contributed by atoms with E-state index >= 15 is 0 Å². The molecule has 128 valence electrons. The van der Waals surface area contributed by atoms with E-state index in [1.54, 1.807) is 0 Å². The van der Waals surface area contributed by atoms with Crippen LogP contribution in [0.2, 0.25) is 0 Å². The van der Waals surface area contributed by atoms with Gasteiger partial charge in [-0.15, -0.1) is 0 Å². The third-order valence-corrected chi connectivity index (χ3v) is 4.98. The SMILES string of the molecule is CN(CC(=O)O)C(=O)ONS(=O)(=O)c1ccccc1S(C)(=O)=O. The molecule has 0 aliphatic rings. The van der Waals surface area contributed by atoms with Crippen molar-refractivity contribution < 1.29 is 36.4 Å². The van der Waals surface area contributed by atoms with E-state index in [4.69, 9.17) is 5.11 Å². The van der Waals surface area contributed by atoms with Crippen molar-refractivity contribution in [1.29, 1.82) is 0 Å². The monoisotopic (exact) mass is 366 g/mol. The smallest absolute Gasteiger partial charge is 0.429 e. The summed E-state index contributed by atoms with van der Waals surface area (Å²) in [5.74, 6) is -1.32. The number of nitrogens with zero attached hydrogens (tertiary/aromatic N) is 1. The summed E-state index contributed by atoms with van der Waals surface area (Å²) < 4.78 is 47.3. The lowest BCUT2D eigenvalue weighted by Crippen LogP contribution is -2.37. The van der Waals surface area contributed by atoms with Crippen molar-refractivity contribution in [2.75, 3.05) is 19.8 Å². The quantitative estimate of drug-likeness (QED) is 0.637.